The quantitative estimate of drug-likeness (QED) is 0.144. The highest BCUT2D eigenvalue weighted by Crippen LogP contribution is 2.40. The molecule has 0 amide bonds. The van der Waals surface area contributed by atoms with Crippen molar-refractivity contribution < 1.29 is 0 Å². The fourth-order valence-corrected chi connectivity index (χ4v) is 7.71. The van der Waals surface area contributed by atoms with Crippen molar-refractivity contribution in [2.75, 3.05) is 4.90 Å². The van der Waals surface area contributed by atoms with E-state index < -0.39 is 0 Å². The van der Waals surface area contributed by atoms with Crippen LogP contribution in [0.5, 0.6) is 0 Å². The number of fused-ring (bicyclic) bond motifs is 5. The fourth-order valence-electron chi connectivity index (χ4n) is 7.71. The maximum Gasteiger partial charge on any atom is 0.0477 e. The van der Waals surface area contributed by atoms with Crippen molar-refractivity contribution in [2.24, 2.45) is 0 Å². The van der Waals surface area contributed by atoms with E-state index in [1.807, 2.05) is 38.2 Å². The number of rotatable bonds is 9. The zero-order valence-corrected chi connectivity index (χ0v) is 36.6. The Bertz CT molecular complexity index is 2880. The van der Waals surface area contributed by atoms with E-state index in [1.54, 1.807) is 0 Å². The van der Waals surface area contributed by atoms with Gasteiger partial charge in [0.1, 0.15) is 0 Å². The number of aromatic amines is 1. The lowest BCUT2D eigenvalue weighted by molar-refractivity contribution is 1.09. The van der Waals surface area contributed by atoms with Gasteiger partial charge in [0.2, 0.25) is 0 Å². The predicted molar refractivity (Wildman–Crippen MR) is 272 cm³/mol. The van der Waals surface area contributed by atoms with Crippen LogP contribution in [0.1, 0.15) is 46.7 Å². The van der Waals surface area contributed by atoms with Gasteiger partial charge in [0, 0.05) is 39.2 Å². The van der Waals surface area contributed by atoms with Crippen molar-refractivity contribution in [1.82, 2.24) is 4.98 Å². The average molecular weight is 805 g/mol. The Morgan fingerprint density at radius 2 is 1.08 bits per heavy atom. The summed E-state index contributed by atoms with van der Waals surface area (Å²) in [4.78, 5) is 6.05. The highest BCUT2D eigenvalue weighted by molar-refractivity contribution is 6.04. The molecule has 1 aliphatic carbocycles. The number of nitrogens with zero attached hydrogens (tertiary/aromatic N) is 1. The largest absolute Gasteiger partial charge is 0.354 e. The van der Waals surface area contributed by atoms with Crippen LogP contribution in [0.15, 0.2) is 218 Å². The Labute approximate surface area is 368 Å². The molecular formula is C60H56N2. The number of benzene rings is 7. The monoisotopic (exact) mass is 804 g/mol. The van der Waals surface area contributed by atoms with Crippen LogP contribution < -0.4 is 15.3 Å². The minimum atomic E-state index is 1.09. The van der Waals surface area contributed by atoms with E-state index >= 15 is 0 Å². The van der Waals surface area contributed by atoms with Crippen LogP contribution in [0.4, 0.5) is 17.1 Å². The Morgan fingerprint density at radius 3 is 1.66 bits per heavy atom. The Balaban J connectivity index is 0.000000470. The van der Waals surface area contributed by atoms with Crippen LogP contribution in [0, 0.1) is 0 Å². The van der Waals surface area contributed by atoms with E-state index in [1.165, 1.54) is 72.4 Å². The summed E-state index contributed by atoms with van der Waals surface area (Å²) in [5.41, 5.74) is 16.5. The average Bonchev–Trinajstić information content (AvgIpc) is 3.87. The molecule has 2 nitrogen and oxygen atoms in total. The van der Waals surface area contributed by atoms with Gasteiger partial charge < -0.3 is 9.88 Å². The van der Waals surface area contributed by atoms with Crippen molar-refractivity contribution in [3.05, 3.63) is 235 Å². The minimum Gasteiger partial charge on any atom is -0.354 e. The predicted octanol–water partition coefficient (Wildman–Crippen LogP) is 15.9. The zero-order chi connectivity index (χ0) is 43.3. The topological polar surface area (TPSA) is 19.0 Å². The van der Waals surface area contributed by atoms with Gasteiger partial charge in [-0.25, -0.2) is 0 Å². The summed E-state index contributed by atoms with van der Waals surface area (Å²) < 4.78 is 0. The standard InChI is InChI=1S/C49H36N2.C8H12.C3H8/c1-2-3-12-38-17-11-20-44-45(38)33-48-49(44)46-32-40(25-30-47(46)50-48)39-18-10-19-43(31-39)51(41-26-21-36(22-27-41)34-13-6-4-7-14-34)42-28-23-37(24-29-42)35-15-8-5-9-16-35;1-4-5-6-7-8(2)3;1-3-2/h2-33,50H,1H3;4-7H,2H2,1,3H3;3H2,1-2H3/b3-2-,38-12-;5-4-,7-6-;. The molecule has 0 saturated carbocycles. The number of nitrogens with one attached hydrogen (secondary N) is 1. The van der Waals surface area contributed by atoms with Gasteiger partial charge in [0.05, 0.1) is 0 Å². The number of hydrogen-bond donors (Lipinski definition) is 1. The summed E-state index contributed by atoms with van der Waals surface area (Å²) in [5, 5.41) is 3.76. The molecule has 0 radical (unpaired) electrons. The molecule has 0 atom stereocenters. The van der Waals surface area contributed by atoms with Gasteiger partial charge in [-0.2, -0.15) is 0 Å². The summed E-state index contributed by atoms with van der Waals surface area (Å²) in [6.45, 7) is 14.0. The van der Waals surface area contributed by atoms with Gasteiger partial charge in [-0.3, -0.25) is 0 Å². The Morgan fingerprint density at radius 1 is 0.548 bits per heavy atom. The third-order valence-electron chi connectivity index (χ3n) is 10.6. The molecule has 7 aromatic carbocycles. The number of anilines is 3. The second-order valence-corrected chi connectivity index (χ2v) is 15.5. The number of allylic oxidation sites excluding steroid dienone is 7. The van der Waals surface area contributed by atoms with Gasteiger partial charge in [-0.1, -0.05) is 196 Å². The lowest BCUT2D eigenvalue weighted by Crippen LogP contribution is -2.24. The molecule has 1 aromatic heterocycles. The second-order valence-electron chi connectivity index (χ2n) is 15.5. The molecule has 62 heavy (non-hydrogen) atoms. The summed E-state index contributed by atoms with van der Waals surface area (Å²) in [6.07, 6.45) is 17.8. The van der Waals surface area contributed by atoms with Crippen LogP contribution in [-0.2, 0) is 0 Å². The molecule has 0 spiro atoms. The molecule has 306 valence electrons. The molecule has 0 saturated heterocycles. The first kappa shape index (κ1) is 42.7. The van der Waals surface area contributed by atoms with Crippen LogP contribution in [0.2, 0.25) is 0 Å². The third kappa shape index (κ3) is 9.95. The van der Waals surface area contributed by atoms with Crippen molar-refractivity contribution in [3.8, 4) is 44.5 Å². The fraction of sp³-hybridized carbons (Fsp3) is 0.100. The molecule has 0 unspecified atom stereocenters. The first-order valence-electron chi connectivity index (χ1n) is 21.7. The van der Waals surface area contributed by atoms with E-state index in [0.29, 0.717) is 0 Å². The Hall–Kier alpha value is -7.42. The van der Waals surface area contributed by atoms with Gasteiger partial charge in [-0.15, -0.1) is 0 Å². The van der Waals surface area contributed by atoms with E-state index in [9.17, 15) is 0 Å². The van der Waals surface area contributed by atoms with Crippen molar-refractivity contribution in [3.63, 3.8) is 0 Å². The van der Waals surface area contributed by atoms with Crippen LogP contribution >= 0.6 is 0 Å². The lowest BCUT2D eigenvalue weighted by atomic mass is 9.98. The van der Waals surface area contributed by atoms with Crippen LogP contribution in [-0.4, -0.2) is 4.98 Å². The number of H-pyrrole nitrogens is 1. The van der Waals surface area contributed by atoms with Gasteiger partial charge in [0.25, 0.3) is 0 Å². The second kappa shape index (κ2) is 20.7. The van der Waals surface area contributed by atoms with Crippen LogP contribution in [0.25, 0.3) is 67.6 Å². The molecule has 9 rings (SSSR count). The summed E-state index contributed by atoms with van der Waals surface area (Å²) in [6, 6.07) is 61.2. The zero-order valence-electron chi connectivity index (χ0n) is 36.6. The number of aromatic nitrogens is 1. The van der Waals surface area contributed by atoms with Crippen molar-refractivity contribution in [1.29, 1.82) is 0 Å². The molecule has 0 fully saturated rings. The van der Waals surface area contributed by atoms with E-state index in [4.69, 9.17) is 0 Å². The minimum absolute atomic E-state index is 1.09. The first-order chi connectivity index (χ1) is 30.4. The molecule has 2 heteroatoms. The normalized spacial score (nSPS) is 11.8. The molecule has 1 aliphatic rings. The Kier molecular flexibility index (Phi) is 14.3. The highest BCUT2D eigenvalue weighted by Gasteiger charge is 2.20. The molecule has 0 aliphatic heterocycles. The van der Waals surface area contributed by atoms with Gasteiger partial charge in [-0.05, 0) is 125 Å². The maximum absolute atomic E-state index is 3.71. The van der Waals surface area contributed by atoms with E-state index in [2.05, 4.69) is 231 Å². The van der Waals surface area contributed by atoms with Crippen molar-refractivity contribution in [2.45, 2.75) is 41.0 Å². The number of hydrogen-bond acceptors (Lipinski definition) is 1. The van der Waals surface area contributed by atoms with Gasteiger partial charge >= 0.3 is 0 Å². The summed E-state index contributed by atoms with van der Waals surface area (Å²) in [5.74, 6) is 0. The van der Waals surface area contributed by atoms with E-state index in [-0.39, 0.29) is 0 Å². The summed E-state index contributed by atoms with van der Waals surface area (Å²) in [7, 11) is 0. The molecule has 1 heterocycles. The maximum atomic E-state index is 3.71. The molecule has 8 aromatic rings. The first-order valence-corrected chi connectivity index (χ1v) is 21.7. The summed E-state index contributed by atoms with van der Waals surface area (Å²) >= 11 is 0. The molecule has 1 N–H and O–H groups in total. The van der Waals surface area contributed by atoms with Crippen LogP contribution in [0.3, 0.4) is 0 Å². The van der Waals surface area contributed by atoms with Gasteiger partial charge in [0.15, 0.2) is 0 Å². The van der Waals surface area contributed by atoms with Crippen molar-refractivity contribution >= 4 is 40.1 Å². The highest BCUT2D eigenvalue weighted by atomic mass is 15.1. The smallest absolute Gasteiger partial charge is 0.0477 e. The van der Waals surface area contributed by atoms with E-state index in [0.717, 1.165) is 28.2 Å². The SMILES string of the molecule is C/C=C\C=c1\cccc2c1=Cc1[nH]c3ccc(-c4cccc(N(c5ccc(-c6ccccc6)cc5)c5ccc(-c6ccccc6)cc5)c4)cc3c1-2.C=C(C)/C=C\C=C/C.CCC. The molecular weight excluding hydrogens is 749 g/mol. The third-order valence-corrected chi connectivity index (χ3v) is 10.6. The molecule has 0 bridgehead atoms. The lowest BCUT2D eigenvalue weighted by Gasteiger charge is -2.26.